The van der Waals surface area contributed by atoms with Gasteiger partial charge in [-0.1, -0.05) is 23.4 Å². The highest BCUT2D eigenvalue weighted by molar-refractivity contribution is 6.03. The van der Waals surface area contributed by atoms with Gasteiger partial charge in [0.1, 0.15) is 17.2 Å². The van der Waals surface area contributed by atoms with Gasteiger partial charge in [-0.15, -0.1) is 0 Å². The van der Waals surface area contributed by atoms with E-state index in [0.717, 1.165) is 16.5 Å². The van der Waals surface area contributed by atoms with Gasteiger partial charge in [0, 0.05) is 5.56 Å². The Kier molecular flexibility index (Phi) is 4.38. The van der Waals surface area contributed by atoms with Gasteiger partial charge >= 0.3 is 0 Å². The van der Waals surface area contributed by atoms with Crippen molar-refractivity contribution in [3.8, 4) is 11.3 Å². The molecule has 134 valence electrons. The van der Waals surface area contributed by atoms with Crippen LogP contribution in [0.15, 0.2) is 76.4 Å². The number of hydrazone groups is 1. The molecule has 27 heavy (non-hydrogen) atoms. The van der Waals surface area contributed by atoms with Crippen molar-refractivity contribution in [2.24, 2.45) is 5.10 Å². The summed E-state index contributed by atoms with van der Waals surface area (Å²) in [7, 11) is 0. The Hall–Kier alpha value is -3.54. The van der Waals surface area contributed by atoms with Crippen molar-refractivity contribution in [3.05, 3.63) is 83.9 Å². The first-order valence-corrected chi connectivity index (χ1v) is 8.32. The number of rotatable bonds is 4. The van der Waals surface area contributed by atoms with Crippen molar-refractivity contribution in [3.63, 3.8) is 0 Å². The van der Waals surface area contributed by atoms with E-state index in [0.29, 0.717) is 22.7 Å². The van der Waals surface area contributed by atoms with E-state index < -0.39 is 0 Å². The van der Waals surface area contributed by atoms with Gasteiger partial charge in [-0.2, -0.15) is 5.10 Å². The highest BCUT2D eigenvalue weighted by atomic mass is 19.1. The molecule has 4 nitrogen and oxygen atoms in total. The number of benzene rings is 3. The van der Waals surface area contributed by atoms with Gasteiger partial charge in [0.15, 0.2) is 5.76 Å². The van der Waals surface area contributed by atoms with Gasteiger partial charge in [-0.05, 0) is 61.0 Å². The molecule has 0 fully saturated rings. The first-order chi connectivity index (χ1) is 13.1. The summed E-state index contributed by atoms with van der Waals surface area (Å²) in [5.41, 5.74) is 5.96. The lowest BCUT2D eigenvalue weighted by Gasteiger charge is -2.05. The van der Waals surface area contributed by atoms with Crippen LogP contribution in [0.3, 0.4) is 0 Å². The molecule has 0 aliphatic heterocycles. The Bertz CT molecular complexity index is 1130. The lowest BCUT2D eigenvalue weighted by Crippen LogP contribution is -2.00. The van der Waals surface area contributed by atoms with Crippen LogP contribution < -0.4 is 5.43 Å². The third-order valence-electron chi connectivity index (χ3n) is 4.22. The topological polar surface area (TPSA) is 50.4 Å². The predicted molar refractivity (Wildman–Crippen MR) is 102 cm³/mol. The standard InChI is InChI=1S/C21H15F2N3O/c1-13(24-25-20-5-3-2-4-18(20)23)15-8-11-19-17(12-15)21(27-26-19)14-6-9-16(22)10-7-14/h2-12,25H,1H3. The molecular weight excluding hydrogens is 348 g/mol. The molecule has 1 aromatic heterocycles. The molecule has 0 aliphatic carbocycles. The Morgan fingerprint density at radius 2 is 1.78 bits per heavy atom. The second-order valence-corrected chi connectivity index (χ2v) is 6.04. The maximum atomic E-state index is 13.7. The zero-order valence-electron chi connectivity index (χ0n) is 14.4. The van der Waals surface area contributed by atoms with Gasteiger partial charge in [-0.3, -0.25) is 5.43 Å². The van der Waals surface area contributed by atoms with Gasteiger partial charge in [0.05, 0.1) is 16.8 Å². The van der Waals surface area contributed by atoms with Crippen molar-refractivity contribution >= 4 is 22.3 Å². The number of hydrogen-bond donors (Lipinski definition) is 1. The summed E-state index contributed by atoms with van der Waals surface area (Å²) >= 11 is 0. The van der Waals surface area contributed by atoms with E-state index >= 15 is 0 Å². The minimum Gasteiger partial charge on any atom is -0.355 e. The van der Waals surface area contributed by atoms with Crippen LogP contribution in [0, 0.1) is 11.6 Å². The van der Waals surface area contributed by atoms with E-state index in [-0.39, 0.29) is 11.6 Å². The van der Waals surface area contributed by atoms with E-state index in [1.54, 1.807) is 30.3 Å². The SMILES string of the molecule is CC(=NNc1ccccc1F)c1ccc2noc(-c3ccc(F)cc3)c2c1. The summed E-state index contributed by atoms with van der Waals surface area (Å²) in [5.74, 6) is -0.130. The Morgan fingerprint density at radius 1 is 1.00 bits per heavy atom. The van der Waals surface area contributed by atoms with Crippen LogP contribution in [-0.2, 0) is 0 Å². The van der Waals surface area contributed by atoms with Crippen LogP contribution in [0.25, 0.3) is 22.2 Å². The van der Waals surface area contributed by atoms with Crippen LogP contribution in [0.2, 0.25) is 0 Å². The fraction of sp³-hybridized carbons (Fsp3) is 0.0476. The van der Waals surface area contributed by atoms with Gasteiger partial charge < -0.3 is 4.52 Å². The maximum Gasteiger partial charge on any atom is 0.174 e. The average Bonchev–Trinajstić information content (AvgIpc) is 3.11. The van der Waals surface area contributed by atoms with E-state index in [2.05, 4.69) is 15.7 Å². The molecule has 0 radical (unpaired) electrons. The number of aromatic nitrogens is 1. The molecule has 0 spiro atoms. The number of fused-ring (bicyclic) bond motifs is 1. The number of nitrogens with zero attached hydrogens (tertiary/aromatic N) is 2. The lowest BCUT2D eigenvalue weighted by molar-refractivity contribution is 0.441. The van der Waals surface area contributed by atoms with Crippen molar-refractivity contribution in [1.82, 2.24) is 5.16 Å². The zero-order valence-corrected chi connectivity index (χ0v) is 14.4. The fourth-order valence-corrected chi connectivity index (χ4v) is 2.74. The predicted octanol–water partition coefficient (Wildman–Crippen LogP) is 5.61. The summed E-state index contributed by atoms with van der Waals surface area (Å²) < 4.78 is 32.3. The molecule has 3 aromatic carbocycles. The second kappa shape index (κ2) is 6.99. The molecule has 1 heterocycles. The van der Waals surface area contributed by atoms with E-state index in [1.807, 2.05) is 25.1 Å². The normalized spacial score (nSPS) is 11.7. The van der Waals surface area contributed by atoms with Crippen molar-refractivity contribution < 1.29 is 13.3 Å². The number of nitrogens with one attached hydrogen (secondary N) is 1. The molecule has 0 atom stereocenters. The largest absolute Gasteiger partial charge is 0.355 e. The first-order valence-electron chi connectivity index (χ1n) is 8.32. The molecule has 0 bridgehead atoms. The molecule has 4 aromatic rings. The van der Waals surface area contributed by atoms with Crippen LogP contribution in [-0.4, -0.2) is 10.9 Å². The third kappa shape index (κ3) is 3.42. The summed E-state index contributed by atoms with van der Waals surface area (Å²) in [6, 6.07) is 17.9. The smallest absolute Gasteiger partial charge is 0.174 e. The Balaban J connectivity index is 1.68. The van der Waals surface area contributed by atoms with Crippen molar-refractivity contribution in [2.45, 2.75) is 6.92 Å². The molecule has 4 rings (SSSR count). The van der Waals surface area contributed by atoms with Crippen LogP contribution >= 0.6 is 0 Å². The molecule has 0 saturated heterocycles. The minimum atomic E-state index is -0.373. The Morgan fingerprint density at radius 3 is 2.56 bits per heavy atom. The first kappa shape index (κ1) is 16.9. The average molecular weight is 363 g/mol. The molecule has 6 heteroatoms. The van der Waals surface area contributed by atoms with E-state index in [9.17, 15) is 8.78 Å². The monoisotopic (exact) mass is 363 g/mol. The zero-order chi connectivity index (χ0) is 18.8. The maximum absolute atomic E-state index is 13.7. The van der Waals surface area contributed by atoms with E-state index in [4.69, 9.17) is 4.52 Å². The second-order valence-electron chi connectivity index (χ2n) is 6.04. The minimum absolute atomic E-state index is 0.301. The number of anilines is 1. The van der Waals surface area contributed by atoms with Crippen LogP contribution in [0.1, 0.15) is 12.5 Å². The highest BCUT2D eigenvalue weighted by Gasteiger charge is 2.12. The van der Waals surface area contributed by atoms with Crippen molar-refractivity contribution in [2.75, 3.05) is 5.43 Å². The van der Waals surface area contributed by atoms with Crippen molar-refractivity contribution in [1.29, 1.82) is 0 Å². The number of halogens is 2. The summed E-state index contributed by atoms with van der Waals surface area (Å²) in [4.78, 5) is 0. The molecule has 1 N–H and O–H groups in total. The molecular formula is C21H15F2N3O. The third-order valence-corrected chi connectivity index (χ3v) is 4.22. The molecule has 0 saturated carbocycles. The molecule has 0 aliphatic rings. The van der Waals surface area contributed by atoms with Crippen LogP contribution in [0.5, 0.6) is 0 Å². The molecule has 0 unspecified atom stereocenters. The summed E-state index contributed by atoms with van der Waals surface area (Å²) in [6.45, 7) is 1.82. The Labute approximate surface area is 154 Å². The summed E-state index contributed by atoms with van der Waals surface area (Å²) in [5, 5.41) is 9.10. The fourth-order valence-electron chi connectivity index (χ4n) is 2.74. The van der Waals surface area contributed by atoms with Gasteiger partial charge in [0.2, 0.25) is 0 Å². The number of para-hydroxylation sites is 1. The van der Waals surface area contributed by atoms with Gasteiger partial charge in [0.25, 0.3) is 0 Å². The quantitative estimate of drug-likeness (QED) is 0.379. The lowest BCUT2D eigenvalue weighted by atomic mass is 10.0. The number of hydrogen-bond acceptors (Lipinski definition) is 4. The van der Waals surface area contributed by atoms with E-state index in [1.165, 1.54) is 18.2 Å². The molecule has 0 amide bonds. The van der Waals surface area contributed by atoms with Crippen LogP contribution in [0.4, 0.5) is 14.5 Å². The van der Waals surface area contributed by atoms with Gasteiger partial charge in [-0.25, -0.2) is 8.78 Å². The highest BCUT2D eigenvalue weighted by Crippen LogP contribution is 2.29. The summed E-state index contributed by atoms with van der Waals surface area (Å²) in [6.07, 6.45) is 0.